The Morgan fingerprint density at radius 2 is 1.02 bits per heavy atom. The minimum absolute atomic E-state index is 0. The van der Waals surface area contributed by atoms with E-state index in [0.717, 1.165) is 30.3 Å². The van der Waals surface area contributed by atoms with Gasteiger partial charge in [0.1, 0.15) is 5.15 Å². The highest BCUT2D eigenvalue weighted by atomic mass is 35.5. The Hall–Kier alpha value is -5.03. The molecule has 6 rings (SSSR count). The highest BCUT2D eigenvalue weighted by Crippen LogP contribution is 2.34. The van der Waals surface area contributed by atoms with Crippen LogP contribution in [-0.2, 0) is 24.7 Å². The SMILES string of the molecule is Cc1cc(C(F)(F)F)ccc1-c1ccc2nnc(C(F)(F)F)n2n1.Cc1cc(C(F)(F)F)ccc1B(O)O.FC(F)(F)c1nnc2ccc(Cl)nn12.[CH3-]. The standard InChI is InChI=1S/C14H8F6N4.C8H8BF3O2.C6H2ClF3N4.CH3/c1-7-6-8(13(15,16)17)2-3-9(7)10-4-5-11-21-22-12(14(18,19)20)24(11)23-10;1-5-4-6(8(10,11)12)2-3-7(5)9(13)14;7-3-1-2-4-11-12-5(6(8,9)10)14(4)13-3;/h2-6H,1H3;2-4,13-14H,1H3;1-2H;1H3/q;;;-1. The normalized spacial score (nSPS) is 12.1. The molecule has 6 aromatic rings. The lowest BCUT2D eigenvalue weighted by Gasteiger charge is -2.11. The monoisotopic (exact) mass is 787 g/mol. The van der Waals surface area contributed by atoms with Gasteiger partial charge in [0.15, 0.2) is 11.3 Å². The van der Waals surface area contributed by atoms with Gasteiger partial charge in [0.05, 0.1) is 16.8 Å². The fourth-order valence-electron chi connectivity index (χ4n) is 4.32. The summed E-state index contributed by atoms with van der Waals surface area (Å²) < 4.78 is 151. The molecule has 2 N–H and O–H groups in total. The van der Waals surface area contributed by atoms with Gasteiger partial charge < -0.3 is 17.5 Å². The zero-order valence-corrected chi connectivity index (χ0v) is 27.5. The molecule has 0 atom stereocenters. The lowest BCUT2D eigenvalue weighted by atomic mass is 9.77. The maximum Gasteiger partial charge on any atom is 0.488 e. The predicted octanol–water partition coefficient (Wildman–Crippen LogP) is 7.08. The van der Waals surface area contributed by atoms with Crippen molar-refractivity contribution in [3.8, 4) is 11.3 Å². The Morgan fingerprint density at radius 3 is 1.45 bits per heavy atom. The second kappa shape index (κ2) is 15.5. The van der Waals surface area contributed by atoms with Crippen LogP contribution in [0.2, 0.25) is 5.15 Å². The van der Waals surface area contributed by atoms with Crippen LogP contribution in [0.3, 0.4) is 0 Å². The molecule has 4 aromatic heterocycles. The van der Waals surface area contributed by atoms with Crippen molar-refractivity contribution in [1.29, 1.82) is 0 Å². The zero-order valence-electron chi connectivity index (χ0n) is 26.7. The van der Waals surface area contributed by atoms with Crippen molar-refractivity contribution in [2.24, 2.45) is 0 Å². The van der Waals surface area contributed by atoms with E-state index in [-0.39, 0.29) is 51.7 Å². The summed E-state index contributed by atoms with van der Waals surface area (Å²) in [6, 6.07) is 11.0. The Morgan fingerprint density at radius 1 is 0.566 bits per heavy atom. The molecule has 2 aromatic carbocycles. The summed E-state index contributed by atoms with van der Waals surface area (Å²) in [5.41, 5.74) is -0.862. The third-order valence-electron chi connectivity index (χ3n) is 6.71. The van der Waals surface area contributed by atoms with Crippen LogP contribution in [0.4, 0.5) is 52.7 Å². The first kappa shape index (κ1) is 42.4. The summed E-state index contributed by atoms with van der Waals surface area (Å²) >= 11 is 5.44. The number of hydrogen-bond donors (Lipinski definition) is 2. The Bertz CT molecular complexity index is 2200. The average molecular weight is 788 g/mol. The van der Waals surface area contributed by atoms with Gasteiger partial charge in [-0.05, 0) is 67.3 Å². The van der Waals surface area contributed by atoms with E-state index in [1.54, 1.807) is 0 Å². The summed E-state index contributed by atoms with van der Waals surface area (Å²) in [4.78, 5) is 0. The number of aromatic nitrogens is 8. The van der Waals surface area contributed by atoms with Gasteiger partial charge in [-0.15, -0.1) is 20.4 Å². The quantitative estimate of drug-likeness (QED) is 0.108. The Kier molecular flexibility index (Phi) is 12.4. The molecule has 0 aliphatic carbocycles. The van der Waals surface area contributed by atoms with Crippen molar-refractivity contribution < 1.29 is 62.7 Å². The third kappa shape index (κ3) is 10.1. The zero-order chi connectivity index (χ0) is 39.0. The lowest BCUT2D eigenvalue weighted by Crippen LogP contribution is -2.32. The molecule has 0 aliphatic rings. The first-order valence-electron chi connectivity index (χ1n) is 13.8. The van der Waals surface area contributed by atoms with Crippen LogP contribution < -0.4 is 5.46 Å². The summed E-state index contributed by atoms with van der Waals surface area (Å²) in [6.07, 6.45) is -18.2. The molecule has 10 nitrogen and oxygen atoms in total. The largest absolute Gasteiger partial charge is 0.488 e. The molecular formula is C29H21BClF12N8O2-. The molecule has 0 fully saturated rings. The van der Waals surface area contributed by atoms with Gasteiger partial charge in [0.25, 0.3) is 11.6 Å². The number of nitrogens with zero attached hydrogens (tertiary/aromatic N) is 8. The number of benzene rings is 2. The van der Waals surface area contributed by atoms with Gasteiger partial charge in [-0.1, -0.05) is 35.4 Å². The Labute approximate surface area is 294 Å². The van der Waals surface area contributed by atoms with Gasteiger partial charge in [-0.25, -0.2) is 0 Å². The van der Waals surface area contributed by atoms with Crippen LogP contribution in [0.25, 0.3) is 22.6 Å². The number of alkyl halides is 12. The summed E-state index contributed by atoms with van der Waals surface area (Å²) in [7, 11) is -1.74. The van der Waals surface area contributed by atoms with E-state index < -0.39 is 54.6 Å². The molecule has 0 saturated heterocycles. The van der Waals surface area contributed by atoms with Crippen molar-refractivity contribution in [3.05, 3.63) is 107 Å². The maximum atomic E-state index is 12.9. The molecule has 0 saturated carbocycles. The first-order chi connectivity index (χ1) is 23.9. The van der Waals surface area contributed by atoms with Crippen molar-refractivity contribution in [1.82, 2.24) is 39.6 Å². The number of hydrogen-bond acceptors (Lipinski definition) is 8. The summed E-state index contributed by atoms with van der Waals surface area (Å²) in [5.74, 6) is -2.49. The highest BCUT2D eigenvalue weighted by Gasteiger charge is 2.39. The second-order valence-corrected chi connectivity index (χ2v) is 10.8. The van der Waals surface area contributed by atoms with E-state index in [0.29, 0.717) is 9.03 Å². The summed E-state index contributed by atoms with van der Waals surface area (Å²) in [6.45, 7) is 2.82. The van der Waals surface area contributed by atoms with Crippen LogP contribution in [0.15, 0.2) is 60.7 Å². The van der Waals surface area contributed by atoms with Crippen LogP contribution in [-0.4, -0.2) is 56.8 Å². The van der Waals surface area contributed by atoms with Gasteiger partial charge in [0.2, 0.25) is 0 Å². The average Bonchev–Trinajstić information content (AvgIpc) is 3.65. The predicted molar refractivity (Wildman–Crippen MR) is 164 cm³/mol. The maximum absolute atomic E-state index is 12.9. The fraction of sp³-hybridized carbons (Fsp3) is 0.207. The van der Waals surface area contributed by atoms with Crippen LogP contribution >= 0.6 is 11.6 Å². The number of aryl methyl sites for hydroxylation is 2. The lowest BCUT2D eigenvalue weighted by molar-refractivity contribution is -0.147. The number of rotatable bonds is 2. The minimum Gasteiger partial charge on any atom is -0.423 e. The molecule has 0 radical (unpaired) electrons. The minimum atomic E-state index is -4.75. The van der Waals surface area contributed by atoms with Crippen molar-refractivity contribution in [2.75, 3.05) is 0 Å². The van der Waals surface area contributed by atoms with E-state index in [4.69, 9.17) is 21.6 Å². The molecule has 0 unspecified atom stereocenters. The topological polar surface area (TPSA) is 127 Å². The Balaban J connectivity index is 0.000000226. The van der Waals surface area contributed by atoms with Crippen LogP contribution in [0, 0.1) is 21.3 Å². The van der Waals surface area contributed by atoms with Crippen LogP contribution in [0.5, 0.6) is 0 Å². The van der Waals surface area contributed by atoms with E-state index in [1.165, 1.54) is 44.2 Å². The third-order valence-corrected chi connectivity index (χ3v) is 6.91. The van der Waals surface area contributed by atoms with E-state index in [9.17, 15) is 52.7 Å². The summed E-state index contributed by atoms with van der Waals surface area (Å²) in [5, 5.41) is 37.4. The van der Waals surface area contributed by atoms with Gasteiger partial charge >= 0.3 is 31.8 Å². The van der Waals surface area contributed by atoms with Crippen molar-refractivity contribution in [3.63, 3.8) is 0 Å². The molecule has 24 heteroatoms. The van der Waals surface area contributed by atoms with Crippen molar-refractivity contribution >= 4 is 35.5 Å². The molecule has 0 amide bonds. The van der Waals surface area contributed by atoms with Crippen molar-refractivity contribution in [2.45, 2.75) is 38.6 Å². The molecule has 284 valence electrons. The first-order valence-corrected chi connectivity index (χ1v) is 14.2. The van der Waals surface area contributed by atoms with E-state index >= 15 is 0 Å². The molecule has 4 heterocycles. The smallest absolute Gasteiger partial charge is 0.423 e. The molecule has 53 heavy (non-hydrogen) atoms. The van der Waals surface area contributed by atoms with Crippen LogP contribution in [0.1, 0.15) is 33.9 Å². The second-order valence-electron chi connectivity index (χ2n) is 10.4. The number of halogens is 13. The highest BCUT2D eigenvalue weighted by molar-refractivity contribution is 6.59. The van der Waals surface area contributed by atoms with Gasteiger partial charge in [-0.2, -0.15) is 71.9 Å². The molecular weight excluding hydrogens is 767 g/mol. The molecule has 0 bridgehead atoms. The molecule has 0 spiro atoms. The van der Waals surface area contributed by atoms with Gasteiger partial charge in [-0.3, -0.25) is 0 Å². The van der Waals surface area contributed by atoms with Gasteiger partial charge in [0, 0.05) is 5.56 Å². The fourth-order valence-corrected chi connectivity index (χ4v) is 4.46. The molecule has 0 aliphatic heterocycles. The van der Waals surface area contributed by atoms with E-state index in [2.05, 4.69) is 30.6 Å². The number of fused-ring (bicyclic) bond motifs is 2. The van der Waals surface area contributed by atoms with E-state index in [1.807, 2.05) is 0 Å².